The fourth-order valence-electron chi connectivity index (χ4n) is 4.72. The quantitative estimate of drug-likeness (QED) is 0.688. The molecule has 1 saturated heterocycles. The second kappa shape index (κ2) is 3.25. The van der Waals surface area contributed by atoms with Gasteiger partial charge in [0, 0.05) is 5.92 Å². The molecule has 16 heavy (non-hydrogen) atoms. The van der Waals surface area contributed by atoms with Gasteiger partial charge in [-0.1, -0.05) is 27.7 Å². The summed E-state index contributed by atoms with van der Waals surface area (Å²) in [7, 11) is 0. The van der Waals surface area contributed by atoms with Gasteiger partial charge in [0.05, 0.1) is 12.7 Å². The van der Waals surface area contributed by atoms with Crippen molar-refractivity contribution in [1.29, 1.82) is 0 Å². The maximum Gasteiger partial charge on any atom is 0.0694 e. The molecule has 91 valence electrons. The minimum Gasteiger partial charge on any atom is -0.377 e. The summed E-state index contributed by atoms with van der Waals surface area (Å²) < 4.78 is 5.89. The molecule has 1 heteroatoms. The monoisotopic (exact) mass is 221 g/mol. The van der Waals surface area contributed by atoms with Crippen molar-refractivity contribution >= 4 is 0 Å². The molecule has 1 nitrogen and oxygen atoms in total. The molecule has 3 fully saturated rings. The van der Waals surface area contributed by atoms with Gasteiger partial charge in [-0.05, 0) is 48.3 Å². The molecular weight excluding hydrogens is 196 g/mol. The molecule has 0 aromatic rings. The molecule has 4 atom stereocenters. The van der Waals surface area contributed by atoms with Crippen LogP contribution in [0.2, 0.25) is 0 Å². The van der Waals surface area contributed by atoms with E-state index in [1.54, 1.807) is 5.92 Å². The highest BCUT2D eigenvalue weighted by Gasteiger charge is 2.64. The van der Waals surface area contributed by atoms with E-state index in [9.17, 15) is 0 Å². The summed E-state index contributed by atoms with van der Waals surface area (Å²) in [6.45, 7) is 10.7. The third-order valence-electron chi connectivity index (χ3n) is 6.53. The van der Waals surface area contributed by atoms with Crippen LogP contribution in [0.3, 0.4) is 0 Å². The molecular formula is C15H25O. The first-order chi connectivity index (χ1) is 7.50. The summed E-state index contributed by atoms with van der Waals surface area (Å²) in [5.41, 5.74) is 1.07. The first-order valence-corrected chi connectivity index (χ1v) is 6.97. The number of hydrogen-bond acceptors (Lipinski definition) is 1. The molecule has 0 aromatic carbocycles. The van der Waals surface area contributed by atoms with Gasteiger partial charge in [0.2, 0.25) is 0 Å². The van der Waals surface area contributed by atoms with Gasteiger partial charge in [-0.3, -0.25) is 0 Å². The first kappa shape index (κ1) is 11.1. The highest BCUT2D eigenvalue weighted by molar-refractivity contribution is 5.18. The van der Waals surface area contributed by atoms with Crippen molar-refractivity contribution < 1.29 is 4.74 Å². The van der Waals surface area contributed by atoms with Crippen molar-refractivity contribution in [2.45, 2.75) is 59.5 Å². The predicted molar refractivity (Wildman–Crippen MR) is 66.0 cm³/mol. The van der Waals surface area contributed by atoms with E-state index in [0.29, 0.717) is 16.9 Å². The minimum absolute atomic E-state index is 0.513. The summed E-state index contributed by atoms with van der Waals surface area (Å²) in [5, 5.41) is 0. The van der Waals surface area contributed by atoms with Crippen LogP contribution < -0.4 is 0 Å². The maximum atomic E-state index is 5.89. The lowest BCUT2D eigenvalue weighted by Crippen LogP contribution is -2.49. The summed E-state index contributed by atoms with van der Waals surface area (Å²) in [6.07, 6.45) is 6.03. The Labute approximate surface area is 99.9 Å². The molecule has 0 amide bonds. The van der Waals surface area contributed by atoms with Crippen LogP contribution in [0.1, 0.15) is 53.4 Å². The average Bonchev–Trinajstić information content (AvgIpc) is 2.50. The van der Waals surface area contributed by atoms with Crippen LogP contribution in [-0.4, -0.2) is 12.7 Å². The van der Waals surface area contributed by atoms with Crippen molar-refractivity contribution in [3.63, 3.8) is 0 Å². The van der Waals surface area contributed by atoms with Gasteiger partial charge >= 0.3 is 0 Å². The van der Waals surface area contributed by atoms with E-state index in [2.05, 4.69) is 27.7 Å². The number of rotatable bonds is 2. The predicted octanol–water partition coefficient (Wildman–Crippen LogP) is 3.83. The van der Waals surface area contributed by atoms with E-state index in [-0.39, 0.29) is 0 Å². The van der Waals surface area contributed by atoms with E-state index in [4.69, 9.17) is 4.74 Å². The second-order valence-corrected chi connectivity index (χ2v) is 6.96. The third-order valence-corrected chi connectivity index (χ3v) is 6.53. The van der Waals surface area contributed by atoms with E-state index in [1.165, 1.54) is 25.7 Å². The largest absolute Gasteiger partial charge is 0.377 e. The fraction of sp³-hybridized carbons (Fsp3) is 0.933. The fourth-order valence-corrected chi connectivity index (χ4v) is 4.72. The molecule has 2 bridgehead atoms. The van der Waals surface area contributed by atoms with Crippen molar-refractivity contribution in [2.24, 2.45) is 22.7 Å². The van der Waals surface area contributed by atoms with Crippen LogP contribution in [0.15, 0.2) is 0 Å². The van der Waals surface area contributed by atoms with E-state index in [1.807, 2.05) is 0 Å². The van der Waals surface area contributed by atoms with Gasteiger partial charge in [0.25, 0.3) is 0 Å². The Hall–Kier alpha value is -0.0400. The Morgan fingerprint density at radius 2 is 2.06 bits per heavy atom. The first-order valence-electron chi connectivity index (χ1n) is 6.97. The highest BCUT2D eigenvalue weighted by Crippen LogP contribution is 2.70. The molecule has 1 aliphatic heterocycles. The van der Waals surface area contributed by atoms with Crippen LogP contribution in [0.4, 0.5) is 0 Å². The second-order valence-electron chi connectivity index (χ2n) is 6.96. The standard InChI is InChI=1S/C15H25O/c1-5-10-9-16-13(10)12-8-11-6-7-15(12,4)14(11,2)3/h11-13H,5-9H2,1-4H3/t11-,12?,13?,15-/m1/s1. The van der Waals surface area contributed by atoms with Crippen molar-refractivity contribution in [3.05, 3.63) is 5.92 Å². The highest BCUT2D eigenvalue weighted by atomic mass is 16.5. The van der Waals surface area contributed by atoms with E-state index >= 15 is 0 Å². The molecule has 1 heterocycles. The maximum absolute atomic E-state index is 5.89. The molecule has 2 unspecified atom stereocenters. The molecule has 3 rings (SSSR count). The zero-order valence-corrected chi connectivity index (χ0v) is 11.2. The van der Waals surface area contributed by atoms with Gasteiger partial charge in [-0.25, -0.2) is 0 Å². The lowest BCUT2D eigenvalue weighted by molar-refractivity contribution is -0.0989. The van der Waals surface area contributed by atoms with E-state index < -0.39 is 0 Å². The lowest BCUT2D eigenvalue weighted by Gasteiger charge is -2.48. The minimum atomic E-state index is 0.513. The van der Waals surface area contributed by atoms with Gasteiger partial charge < -0.3 is 4.74 Å². The van der Waals surface area contributed by atoms with Crippen molar-refractivity contribution in [3.8, 4) is 0 Å². The Kier molecular flexibility index (Phi) is 2.25. The topological polar surface area (TPSA) is 9.23 Å². The lowest BCUT2D eigenvalue weighted by atomic mass is 9.63. The number of hydrogen-bond donors (Lipinski definition) is 0. The smallest absolute Gasteiger partial charge is 0.0694 e. The number of fused-ring (bicyclic) bond motifs is 2. The molecule has 2 saturated carbocycles. The SMILES string of the molecule is CC[C]1COC1C1C[C@H]2CC[C@@]1(C)C2(C)C. The average molecular weight is 221 g/mol. The van der Waals surface area contributed by atoms with Gasteiger partial charge in [-0.2, -0.15) is 0 Å². The Morgan fingerprint density at radius 3 is 2.44 bits per heavy atom. The zero-order valence-electron chi connectivity index (χ0n) is 11.2. The molecule has 0 spiro atoms. The molecule has 0 aromatic heterocycles. The normalized spacial score (nSPS) is 50.6. The van der Waals surface area contributed by atoms with Crippen LogP contribution in [0.25, 0.3) is 0 Å². The molecule has 3 aliphatic rings. The molecule has 0 N–H and O–H groups in total. The van der Waals surface area contributed by atoms with Crippen LogP contribution in [-0.2, 0) is 4.74 Å². The summed E-state index contributed by atoms with van der Waals surface area (Å²) in [5.74, 6) is 3.43. The summed E-state index contributed by atoms with van der Waals surface area (Å²) in [6, 6.07) is 0. The molecule has 1 radical (unpaired) electrons. The Balaban J connectivity index is 1.84. The van der Waals surface area contributed by atoms with Crippen LogP contribution in [0, 0.1) is 28.6 Å². The third kappa shape index (κ3) is 1.11. The van der Waals surface area contributed by atoms with Crippen molar-refractivity contribution in [2.75, 3.05) is 6.61 Å². The van der Waals surface area contributed by atoms with Gasteiger partial charge in [0.15, 0.2) is 0 Å². The number of ether oxygens (including phenoxy) is 1. The van der Waals surface area contributed by atoms with Gasteiger partial charge in [0.1, 0.15) is 0 Å². The van der Waals surface area contributed by atoms with Crippen molar-refractivity contribution in [1.82, 2.24) is 0 Å². The van der Waals surface area contributed by atoms with Crippen LogP contribution in [0.5, 0.6) is 0 Å². The van der Waals surface area contributed by atoms with Crippen LogP contribution >= 0.6 is 0 Å². The Bertz CT molecular complexity index is 294. The van der Waals surface area contributed by atoms with E-state index in [0.717, 1.165) is 18.4 Å². The van der Waals surface area contributed by atoms with Gasteiger partial charge in [-0.15, -0.1) is 0 Å². The summed E-state index contributed by atoms with van der Waals surface area (Å²) >= 11 is 0. The summed E-state index contributed by atoms with van der Waals surface area (Å²) in [4.78, 5) is 0. The molecule has 2 aliphatic carbocycles. The zero-order chi connectivity index (χ0) is 11.6. The Morgan fingerprint density at radius 1 is 1.31 bits per heavy atom.